The number of halogens is 1. The Morgan fingerprint density at radius 2 is 2.05 bits per heavy atom. The highest BCUT2D eigenvalue weighted by atomic mass is 35.5. The van der Waals surface area contributed by atoms with Crippen molar-refractivity contribution < 1.29 is 4.74 Å². The topological polar surface area (TPSA) is 47.0 Å². The van der Waals surface area contributed by atoms with Crippen LogP contribution >= 0.6 is 11.6 Å². The van der Waals surface area contributed by atoms with E-state index in [1.165, 1.54) is 0 Å². The maximum Gasteiger partial charge on any atom is 0.161 e. The predicted molar refractivity (Wildman–Crippen MR) is 82.1 cm³/mol. The molecule has 106 valence electrons. The number of aryl methyl sites for hydroxylation is 1. The lowest BCUT2D eigenvalue weighted by Crippen LogP contribution is -2.04. The van der Waals surface area contributed by atoms with E-state index in [1.807, 2.05) is 38.1 Å². The summed E-state index contributed by atoms with van der Waals surface area (Å²) < 4.78 is 5.15. The minimum Gasteiger partial charge on any atom is -0.378 e. The van der Waals surface area contributed by atoms with Crippen LogP contribution < -0.4 is 5.32 Å². The van der Waals surface area contributed by atoms with E-state index in [4.69, 9.17) is 16.3 Å². The maximum absolute atomic E-state index is 6.17. The fourth-order valence-corrected chi connectivity index (χ4v) is 2.03. The van der Waals surface area contributed by atoms with Gasteiger partial charge in [-0.05, 0) is 25.5 Å². The maximum atomic E-state index is 6.17. The van der Waals surface area contributed by atoms with Crippen molar-refractivity contribution in [1.29, 1.82) is 0 Å². The summed E-state index contributed by atoms with van der Waals surface area (Å²) in [5, 5.41) is 3.92. The molecule has 0 fully saturated rings. The van der Waals surface area contributed by atoms with Crippen LogP contribution in [0.5, 0.6) is 0 Å². The molecule has 0 unspecified atom stereocenters. The van der Waals surface area contributed by atoms with Crippen molar-refractivity contribution in [3.05, 3.63) is 40.5 Å². The molecular formula is C15H18ClN3O. The normalized spacial score (nSPS) is 10.6. The van der Waals surface area contributed by atoms with Gasteiger partial charge in [0.2, 0.25) is 0 Å². The molecule has 1 aromatic heterocycles. The Balaban J connectivity index is 2.45. The van der Waals surface area contributed by atoms with Gasteiger partial charge < -0.3 is 10.1 Å². The molecule has 0 aliphatic heterocycles. The lowest BCUT2D eigenvalue weighted by Gasteiger charge is -2.09. The van der Waals surface area contributed by atoms with E-state index in [2.05, 4.69) is 15.3 Å². The van der Waals surface area contributed by atoms with Crippen LogP contribution in [-0.2, 0) is 11.3 Å². The van der Waals surface area contributed by atoms with Crippen molar-refractivity contribution in [2.24, 2.45) is 0 Å². The standard InChI is InChI=1S/C15H18ClN3O/c1-4-17-14-8-12(9-20-3)18-15(19-14)11-6-5-10(2)13(16)7-11/h5-8H,4,9H2,1-3H3,(H,17,18,19). The first kappa shape index (κ1) is 14.8. The van der Waals surface area contributed by atoms with Gasteiger partial charge in [0, 0.05) is 30.3 Å². The van der Waals surface area contributed by atoms with Gasteiger partial charge in [-0.25, -0.2) is 9.97 Å². The van der Waals surface area contributed by atoms with Gasteiger partial charge >= 0.3 is 0 Å². The number of hydrogen-bond acceptors (Lipinski definition) is 4. The average molecular weight is 292 g/mol. The molecule has 5 heteroatoms. The molecule has 1 aromatic carbocycles. The second-order valence-corrected chi connectivity index (χ2v) is 4.90. The van der Waals surface area contributed by atoms with E-state index in [1.54, 1.807) is 7.11 Å². The molecule has 4 nitrogen and oxygen atoms in total. The highest BCUT2D eigenvalue weighted by molar-refractivity contribution is 6.31. The monoisotopic (exact) mass is 291 g/mol. The summed E-state index contributed by atoms with van der Waals surface area (Å²) >= 11 is 6.17. The number of nitrogens with zero attached hydrogens (tertiary/aromatic N) is 2. The largest absolute Gasteiger partial charge is 0.378 e. The Morgan fingerprint density at radius 3 is 2.70 bits per heavy atom. The molecule has 0 saturated carbocycles. The summed E-state index contributed by atoms with van der Waals surface area (Å²) in [6.45, 7) is 5.25. The molecule has 0 bridgehead atoms. The minimum absolute atomic E-state index is 0.452. The molecule has 1 heterocycles. The smallest absolute Gasteiger partial charge is 0.161 e. The Labute approximate surface area is 124 Å². The number of nitrogens with one attached hydrogen (secondary N) is 1. The van der Waals surface area contributed by atoms with Crippen molar-refractivity contribution in [3.8, 4) is 11.4 Å². The third-order valence-corrected chi connectivity index (χ3v) is 3.27. The van der Waals surface area contributed by atoms with E-state index in [9.17, 15) is 0 Å². The summed E-state index contributed by atoms with van der Waals surface area (Å²) in [6, 6.07) is 7.73. The molecule has 0 radical (unpaired) electrons. The van der Waals surface area contributed by atoms with Gasteiger partial charge in [-0.15, -0.1) is 0 Å². The Bertz CT molecular complexity index is 577. The highest BCUT2D eigenvalue weighted by Crippen LogP contribution is 2.24. The number of benzene rings is 1. The first-order valence-corrected chi connectivity index (χ1v) is 6.89. The molecule has 0 saturated heterocycles. The zero-order valence-electron chi connectivity index (χ0n) is 11.9. The number of hydrogen-bond donors (Lipinski definition) is 1. The van der Waals surface area contributed by atoms with E-state index in [0.717, 1.165) is 29.2 Å². The second kappa shape index (κ2) is 6.68. The first-order chi connectivity index (χ1) is 9.63. The summed E-state index contributed by atoms with van der Waals surface area (Å²) in [4.78, 5) is 9.02. The van der Waals surface area contributed by atoms with Gasteiger partial charge in [-0.1, -0.05) is 23.7 Å². The van der Waals surface area contributed by atoms with Crippen LogP contribution in [0.15, 0.2) is 24.3 Å². The van der Waals surface area contributed by atoms with Crippen molar-refractivity contribution >= 4 is 17.4 Å². The molecule has 0 amide bonds. The Kier molecular flexibility index (Phi) is 4.93. The number of methoxy groups -OCH3 is 1. The van der Waals surface area contributed by atoms with Gasteiger partial charge in [0.15, 0.2) is 5.82 Å². The van der Waals surface area contributed by atoms with E-state index < -0.39 is 0 Å². The van der Waals surface area contributed by atoms with Crippen molar-refractivity contribution in [1.82, 2.24) is 9.97 Å². The zero-order chi connectivity index (χ0) is 14.5. The number of rotatable bonds is 5. The highest BCUT2D eigenvalue weighted by Gasteiger charge is 2.08. The quantitative estimate of drug-likeness (QED) is 0.913. The molecule has 20 heavy (non-hydrogen) atoms. The van der Waals surface area contributed by atoms with Crippen LogP contribution in [0.2, 0.25) is 5.02 Å². The molecule has 2 rings (SSSR count). The lowest BCUT2D eigenvalue weighted by atomic mass is 10.1. The summed E-state index contributed by atoms with van der Waals surface area (Å²) in [6.07, 6.45) is 0. The number of anilines is 1. The molecular weight excluding hydrogens is 274 g/mol. The molecule has 1 N–H and O–H groups in total. The van der Waals surface area contributed by atoms with Crippen LogP contribution in [-0.4, -0.2) is 23.6 Å². The number of aromatic nitrogens is 2. The van der Waals surface area contributed by atoms with Crippen LogP contribution in [0.25, 0.3) is 11.4 Å². The molecule has 2 aromatic rings. The fourth-order valence-electron chi connectivity index (χ4n) is 1.85. The van der Waals surface area contributed by atoms with E-state index >= 15 is 0 Å². The fraction of sp³-hybridized carbons (Fsp3) is 0.333. The van der Waals surface area contributed by atoms with Crippen molar-refractivity contribution in [2.45, 2.75) is 20.5 Å². The summed E-state index contributed by atoms with van der Waals surface area (Å²) in [5.41, 5.74) is 2.78. The van der Waals surface area contributed by atoms with E-state index in [0.29, 0.717) is 17.5 Å². The average Bonchev–Trinajstić information content (AvgIpc) is 2.42. The van der Waals surface area contributed by atoms with Gasteiger partial charge in [-0.2, -0.15) is 0 Å². The molecule has 0 aliphatic carbocycles. The van der Waals surface area contributed by atoms with Gasteiger partial charge in [-0.3, -0.25) is 0 Å². The summed E-state index contributed by atoms with van der Waals surface area (Å²) in [5.74, 6) is 1.44. The Morgan fingerprint density at radius 1 is 1.25 bits per heavy atom. The van der Waals surface area contributed by atoms with Crippen molar-refractivity contribution in [3.63, 3.8) is 0 Å². The third-order valence-electron chi connectivity index (χ3n) is 2.86. The van der Waals surface area contributed by atoms with Gasteiger partial charge in [0.05, 0.1) is 12.3 Å². The van der Waals surface area contributed by atoms with Crippen LogP contribution in [0.3, 0.4) is 0 Å². The van der Waals surface area contributed by atoms with Crippen LogP contribution in [0, 0.1) is 6.92 Å². The first-order valence-electron chi connectivity index (χ1n) is 6.51. The van der Waals surface area contributed by atoms with Crippen molar-refractivity contribution in [2.75, 3.05) is 19.0 Å². The molecule has 0 spiro atoms. The second-order valence-electron chi connectivity index (χ2n) is 4.50. The minimum atomic E-state index is 0.452. The SMILES string of the molecule is CCNc1cc(COC)nc(-c2ccc(C)c(Cl)c2)n1. The van der Waals surface area contributed by atoms with Gasteiger partial charge in [0.25, 0.3) is 0 Å². The molecule has 0 aliphatic rings. The van der Waals surface area contributed by atoms with E-state index in [-0.39, 0.29) is 0 Å². The van der Waals surface area contributed by atoms with Crippen LogP contribution in [0.4, 0.5) is 5.82 Å². The number of ether oxygens (including phenoxy) is 1. The Hall–Kier alpha value is -1.65. The van der Waals surface area contributed by atoms with Gasteiger partial charge in [0.1, 0.15) is 5.82 Å². The molecule has 0 atom stereocenters. The predicted octanol–water partition coefficient (Wildman–Crippen LogP) is 3.68. The third kappa shape index (κ3) is 3.46. The van der Waals surface area contributed by atoms with Crippen LogP contribution in [0.1, 0.15) is 18.2 Å². The lowest BCUT2D eigenvalue weighted by molar-refractivity contribution is 0.181. The summed E-state index contributed by atoms with van der Waals surface area (Å²) in [7, 11) is 1.65. The zero-order valence-corrected chi connectivity index (χ0v) is 12.7.